The maximum absolute atomic E-state index is 14.5. The van der Waals surface area contributed by atoms with Gasteiger partial charge in [-0.25, -0.2) is 4.79 Å². The summed E-state index contributed by atoms with van der Waals surface area (Å²) >= 11 is 0. The molecular weight excluding hydrogens is 403 g/mol. The van der Waals surface area contributed by atoms with Gasteiger partial charge in [0.05, 0.1) is 6.20 Å². The number of alkyl halides is 5. The van der Waals surface area contributed by atoms with E-state index in [0.717, 1.165) is 22.2 Å². The molecule has 0 spiro atoms. The Morgan fingerprint density at radius 1 is 1.21 bits per heavy atom. The summed E-state index contributed by atoms with van der Waals surface area (Å²) in [5.74, 6) is -5.38. The van der Waals surface area contributed by atoms with Crippen LogP contribution in [0.25, 0.3) is 0 Å². The zero-order chi connectivity index (χ0) is 22.0. The second-order valence-electron chi connectivity index (χ2n) is 7.08. The predicted octanol–water partition coefficient (Wildman–Crippen LogP) is 2.97. The molecule has 0 aromatic carbocycles. The fourth-order valence-corrected chi connectivity index (χ4v) is 2.83. The van der Waals surface area contributed by atoms with Gasteiger partial charge in [-0.3, -0.25) is 14.8 Å². The van der Waals surface area contributed by atoms with E-state index in [1.807, 2.05) is 0 Å². The highest BCUT2D eigenvalue weighted by atomic mass is 19.4. The Bertz CT molecular complexity index is 736. The van der Waals surface area contributed by atoms with Crippen molar-refractivity contribution in [2.45, 2.75) is 50.4 Å². The first kappa shape index (κ1) is 22.8. The zero-order valence-electron chi connectivity index (χ0n) is 16.0. The molecule has 12 heteroatoms. The Labute approximate surface area is 163 Å². The molecule has 2 rings (SSSR count). The van der Waals surface area contributed by atoms with Crippen molar-refractivity contribution in [3.8, 4) is 0 Å². The lowest BCUT2D eigenvalue weighted by Gasteiger charge is -2.45. The lowest BCUT2D eigenvalue weighted by atomic mass is 9.87. The van der Waals surface area contributed by atoms with Crippen LogP contribution >= 0.6 is 0 Å². The van der Waals surface area contributed by atoms with Crippen LogP contribution in [0.3, 0.4) is 0 Å². The van der Waals surface area contributed by atoms with Gasteiger partial charge in [-0.15, -0.1) is 0 Å². The molecule has 0 N–H and O–H groups in total. The van der Waals surface area contributed by atoms with Crippen molar-refractivity contribution in [3.05, 3.63) is 24.3 Å². The average Bonchev–Trinajstić information content (AvgIpc) is 2.67. The molecule has 1 aliphatic rings. The van der Waals surface area contributed by atoms with Crippen molar-refractivity contribution in [3.63, 3.8) is 0 Å². The standard InChI is InChI=1S/C17H21F5N4O3/c1-11(17(20,21)22)29-14(28)26-8-4-15(2,5-9-26)25(3)13(27)16(18,19)12-10-23-6-7-24-12/h6-7,10-11H,4-5,8-9H2,1-3H3. The molecule has 1 atom stereocenters. The fourth-order valence-electron chi connectivity index (χ4n) is 2.83. The fraction of sp³-hybridized carbons (Fsp3) is 0.647. The van der Waals surface area contributed by atoms with E-state index in [4.69, 9.17) is 0 Å². The first-order valence-corrected chi connectivity index (χ1v) is 8.74. The first-order chi connectivity index (χ1) is 13.3. The number of hydrogen-bond donors (Lipinski definition) is 0. The maximum Gasteiger partial charge on any atom is 0.425 e. The number of hydrogen-bond acceptors (Lipinski definition) is 5. The van der Waals surface area contributed by atoms with Crippen LogP contribution in [-0.2, 0) is 15.5 Å². The highest BCUT2D eigenvalue weighted by Crippen LogP contribution is 2.35. The van der Waals surface area contributed by atoms with Gasteiger partial charge in [0.25, 0.3) is 5.91 Å². The molecule has 1 aromatic heterocycles. The Kier molecular flexibility index (Phi) is 6.33. The quantitative estimate of drug-likeness (QED) is 0.695. The van der Waals surface area contributed by atoms with Crippen molar-refractivity contribution >= 4 is 12.0 Å². The van der Waals surface area contributed by atoms with Crippen LogP contribution in [0.2, 0.25) is 0 Å². The second kappa shape index (κ2) is 8.07. The Hall–Kier alpha value is -2.53. The van der Waals surface area contributed by atoms with E-state index in [-0.39, 0.29) is 25.9 Å². The van der Waals surface area contributed by atoms with Crippen LogP contribution in [0.15, 0.2) is 18.6 Å². The van der Waals surface area contributed by atoms with E-state index in [1.165, 1.54) is 13.2 Å². The summed E-state index contributed by atoms with van der Waals surface area (Å²) in [6.45, 7) is 2.19. The summed E-state index contributed by atoms with van der Waals surface area (Å²) in [6, 6.07) is 0. The van der Waals surface area contributed by atoms with Gasteiger partial charge in [-0.05, 0) is 26.7 Å². The van der Waals surface area contributed by atoms with E-state index >= 15 is 0 Å². The first-order valence-electron chi connectivity index (χ1n) is 8.74. The number of rotatable bonds is 4. The maximum atomic E-state index is 14.5. The Morgan fingerprint density at radius 3 is 2.28 bits per heavy atom. The third kappa shape index (κ3) is 4.91. The number of ether oxygens (including phenoxy) is 1. The van der Waals surface area contributed by atoms with Gasteiger partial charge in [0.2, 0.25) is 0 Å². The Morgan fingerprint density at radius 2 is 1.79 bits per heavy atom. The number of piperidine rings is 1. The minimum atomic E-state index is -4.68. The minimum absolute atomic E-state index is 0.0474. The summed E-state index contributed by atoms with van der Waals surface area (Å²) in [5, 5.41) is 0. The van der Waals surface area contributed by atoms with Gasteiger partial charge in [-0.1, -0.05) is 0 Å². The summed E-state index contributed by atoms with van der Waals surface area (Å²) in [4.78, 5) is 33.3. The molecule has 1 aromatic rings. The number of aromatic nitrogens is 2. The van der Waals surface area contributed by atoms with Gasteiger partial charge in [-0.2, -0.15) is 22.0 Å². The molecule has 2 amide bonds. The molecule has 0 radical (unpaired) electrons. The topological polar surface area (TPSA) is 75.6 Å². The van der Waals surface area contributed by atoms with E-state index in [2.05, 4.69) is 14.7 Å². The highest BCUT2D eigenvalue weighted by Gasteiger charge is 2.50. The number of likely N-dealkylation sites (tertiary alicyclic amines) is 1. The van der Waals surface area contributed by atoms with Crippen molar-refractivity contribution in [1.82, 2.24) is 19.8 Å². The molecule has 1 saturated heterocycles. The number of halogens is 5. The third-order valence-corrected chi connectivity index (χ3v) is 5.11. The zero-order valence-corrected chi connectivity index (χ0v) is 16.0. The molecule has 0 aliphatic carbocycles. The molecule has 0 bridgehead atoms. The Balaban J connectivity index is 2.02. The minimum Gasteiger partial charge on any atom is -0.437 e. The van der Waals surface area contributed by atoms with E-state index in [0.29, 0.717) is 6.92 Å². The summed E-state index contributed by atoms with van der Waals surface area (Å²) in [6.07, 6.45) is -4.88. The largest absolute Gasteiger partial charge is 0.437 e. The molecule has 162 valence electrons. The van der Waals surface area contributed by atoms with Crippen LogP contribution in [0.5, 0.6) is 0 Å². The van der Waals surface area contributed by atoms with Crippen LogP contribution in [0.1, 0.15) is 32.4 Å². The van der Waals surface area contributed by atoms with Crippen LogP contribution < -0.4 is 0 Å². The van der Waals surface area contributed by atoms with Crippen molar-refractivity contribution in [1.29, 1.82) is 0 Å². The van der Waals surface area contributed by atoms with Gasteiger partial charge in [0.15, 0.2) is 6.10 Å². The van der Waals surface area contributed by atoms with Gasteiger partial charge >= 0.3 is 18.2 Å². The molecule has 29 heavy (non-hydrogen) atoms. The molecule has 7 nitrogen and oxygen atoms in total. The van der Waals surface area contributed by atoms with Crippen molar-refractivity contribution < 1.29 is 36.3 Å². The highest BCUT2D eigenvalue weighted by molar-refractivity contribution is 5.84. The SMILES string of the molecule is CC(OC(=O)N1CCC(C)(N(C)C(=O)C(F)(F)c2cnccn2)CC1)C(F)(F)F. The number of likely N-dealkylation sites (N-methyl/N-ethyl adjacent to an activating group) is 1. The second-order valence-corrected chi connectivity index (χ2v) is 7.08. The summed E-state index contributed by atoms with van der Waals surface area (Å²) in [7, 11) is 1.21. The van der Waals surface area contributed by atoms with Gasteiger partial charge in [0, 0.05) is 38.1 Å². The predicted molar refractivity (Wildman–Crippen MR) is 89.9 cm³/mol. The lowest BCUT2D eigenvalue weighted by molar-refractivity contribution is -0.200. The van der Waals surface area contributed by atoms with Crippen LogP contribution in [0.4, 0.5) is 26.7 Å². The van der Waals surface area contributed by atoms with E-state index in [9.17, 15) is 31.5 Å². The lowest BCUT2D eigenvalue weighted by Crippen LogP contribution is -2.58. The molecule has 1 fully saturated rings. The third-order valence-electron chi connectivity index (χ3n) is 5.11. The molecule has 2 heterocycles. The van der Waals surface area contributed by atoms with E-state index in [1.54, 1.807) is 6.92 Å². The summed E-state index contributed by atoms with van der Waals surface area (Å²) < 4.78 is 71.0. The van der Waals surface area contributed by atoms with E-state index < -0.39 is 41.4 Å². The van der Waals surface area contributed by atoms with Gasteiger partial charge in [0.1, 0.15) is 5.69 Å². The van der Waals surface area contributed by atoms with Gasteiger partial charge < -0.3 is 14.5 Å². The van der Waals surface area contributed by atoms with Crippen molar-refractivity contribution in [2.24, 2.45) is 0 Å². The number of carbonyl (C=O) groups excluding carboxylic acids is 2. The van der Waals surface area contributed by atoms with Crippen LogP contribution in [0, 0.1) is 0 Å². The number of nitrogens with zero attached hydrogens (tertiary/aromatic N) is 4. The number of amides is 2. The monoisotopic (exact) mass is 424 g/mol. The molecule has 1 unspecified atom stereocenters. The smallest absolute Gasteiger partial charge is 0.425 e. The molecule has 0 saturated carbocycles. The van der Waals surface area contributed by atoms with Crippen molar-refractivity contribution in [2.75, 3.05) is 20.1 Å². The van der Waals surface area contributed by atoms with Crippen LogP contribution in [-0.4, -0.2) is 69.7 Å². The number of carbonyl (C=O) groups is 2. The normalized spacial score (nSPS) is 18.1. The average molecular weight is 424 g/mol. The molecule has 1 aliphatic heterocycles. The molecular formula is C17H21F5N4O3. The summed E-state index contributed by atoms with van der Waals surface area (Å²) in [5.41, 5.74) is -1.82.